The van der Waals surface area contributed by atoms with Gasteiger partial charge in [0.1, 0.15) is 6.04 Å². The van der Waals surface area contributed by atoms with Crippen LogP contribution in [0.15, 0.2) is 28.7 Å². The normalized spacial score (nSPS) is 12.5. The summed E-state index contributed by atoms with van der Waals surface area (Å²) in [6.45, 7) is 1.23. The summed E-state index contributed by atoms with van der Waals surface area (Å²) in [5.41, 5.74) is 0.906. The maximum Gasteiger partial charge on any atom is 0.327 e. The molecule has 0 aromatic heterocycles. The monoisotopic (exact) mass is 315 g/mol. The van der Waals surface area contributed by atoms with Crippen LogP contribution in [0.2, 0.25) is 0 Å². The molecule has 1 aromatic rings. The lowest BCUT2D eigenvalue weighted by molar-refractivity contribution is -0.147. The Kier molecular flexibility index (Phi) is 6.32. The summed E-state index contributed by atoms with van der Waals surface area (Å²) >= 11 is 3.38. The van der Waals surface area contributed by atoms with E-state index in [9.17, 15) is 4.79 Å². The van der Waals surface area contributed by atoms with Gasteiger partial charge in [-0.25, -0.2) is 4.79 Å². The third-order valence-corrected chi connectivity index (χ3v) is 3.23. The molecule has 0 aliphatic rings. The molecule has 0 fully saturated rings. The summed E-state index contributed by atoms with van der Waals surface area (Å²) in [4.78, 5) is 13.8. The van der Waals surface area contributed by atoms with Crippen LogP contribution in [0, 0.1) is 0 Å². The van der Waals surface area contributed by atoms with E-state index in [0.29, 0.717) is 13.2 Å². The number of carbonyl (C=O) groups is 1. The Labute approximate surface area is 116 Å². The molecule has 4 nitrogen and oxygen atoms in total. The van der Waals surface area contributed by atoms with E-state index in [1.807, 2.05) is 36.2 Å². The first-order valence-electron chi connectivity index (χ1n) is 5.62. The quantitative estimate of drug-likeness (QED) is 0.755. The van der Waals surface area contributed by atoms with E-state index in [0.717, 1.165) is 10.0 Å². The van der Waals surface area contributed by atoms with Gasteiger partial charge in [0, 0.05) is 18.1 Å². The summed E-state index contributed by atoms with van der Waals surface area (Å²) < 4.78 is 10.9. The standard InChI is InChI=1S/C13H18BrNO3/c1-15(8-9-17-2)12(13(16)18-3)10-4-6-11(14)7-5-10/h4-7,12H,8-9H2,1-3H3. The Bertz CT molecular complexity index is 380. The van der Waals surface area contributed by atoms with Crippen LogP contribution in [-0.4, -0.2) is 45.3 Å². The van der Waals surface area contributed by atoms with Gasteiger partial charge in [-0.05, 0) is 24.7 Å². The number of rotatable bonds is 6. The minimum Gasteiger partial charge on any atom is -0.468 e. The maximum absolute atomic E-state index is 11.9. The Morgan fingerprint density at radius 2 is 1.94 bits per heavy atom. The van der Waals surface area contributed by atoms with E-state index in [-0.39, 0.29) is 5.97 Å². The van der Waals surface area contributed by atoms with E-state index < -0.39 is 6.04 Å². The van der Waals surface area contributed by atoms with Crippen molar-refractivity contribution in [2.75, 3.05) is 34.4 Å². The first kappa shape index (κ1) is 15.1. The smallest absolute Gasteiger partial charge is 0.327 e. The largest absolute Gasteiger partial charge is 0.468 e. The third kappa shape index (κ3) is 4.08. The first-order valence-corrected chi connectivity index (χ1v) is 6.42. The molecule has 1 aromatic carbocycles. The van der Waals surface area contributed by atoms with Gasteiger partial charge in [0.25, 0.3) is 0 Å². The van der Waals surface area contributed by atoms with Gasteiger partial charge in [0.05, 0.1) is 13.7 Å². The van der Waals surface area contributed by atoms with Gasteiger partial charge in [-0.2, -0.15) is 0 Å². The molecular weight excluding hydrogens is 298 g/mol. The van der Waals surface area contributed by atoms with Gasteiger partial charge in [0.2, 0.25) is 0 Å². The van der Waals surface area contributed by atoms with Gasteiger partial charge in [-0.1, -0.05) is 28.1 Å². The van der Waals surface area contributed by atoms with Crippen LogP contribution in [0.3, 0.4) is 0 Å². The second-order valence-corrected chi connectivity index (χ2v) is 4.87. The number of ether oxygens (including phenoxy) is 2. The number of esters is 1. The highest BCUT2D eigenvalue weighted by molar-refractivity contribution is 9.10. The molecule has 18 heavy (non-hydrogen) atoms. The number of halogens is 1. The SMILES string of the molecule is COCCN(C)C(C(=O)OC)c1ccc(Br)cc1. The summed E-state index contributed by atoms with van der Waals surface area (Å²) in [5.74, 6) is -0.268. The van der Waals surface area contributed by atoms with Crippen molar-refractivity contribution in [2.24, 2.45) is 0 Å². The van der Waals surface area contributed by atoms with Crippen LogP contribution in [0.1, 0.15) is 11.6 Å². The lowest BCUT2D eigenvalue weighted by Crippen LogP contribution is -2.34. The number of hydrogen-bond acceptors (Lipinski definition) is 4. The zero-order valence-electron chi connectivity index (χ0n) is 10.9. The average Bonchev–Trinajstić information content (AvgIpc) is 2.38. The number of nitrogens with zero attached hydrogens (tertiary/aromatic N) is 1. The van der Waals surface area contributed by atoms with Crippen LogP contribution < -0.4 is 0 Å². The molecule has 5 heteroatoms. The molecule has 0 saturated heterocycles. The molecule has 0 spiro atoms. The second kappa shape index (κ2) is 7.51. The molecule has 100 valence electrons. The molecule has 0 amide bonds. The van der Waals surface area contributed by atoms with E-state index in [1.54, 1.807) is 7.11 Å². The van der Waals surface area contributed by atoms with Gasteiger partial charge in [-0.15, -0.1) is 0 Å². The molecule has 1 unspecified atom stereocenters. The average molecular weight is 316 g/mol. The fraction of sp³-hybridized carbons (Fsp3) is 0.462. The summed E-state index contributed by atoms with van der Waals surface area (Å²) in [5, 5.41) is 0. The van der Waals surface area contributed by atoms with E-state index in [2.05, 4.69) is 15.9 Å². The number of hydrogen-bond donors (Lipinski definition) is 0. The van der Waals surface area contributed by atoms with Crippen LogP contribution >= 0.6 is 15.9 Å². The molecule has 0 heterocycles. The van der Waals surface area contributed by atoms with Gasteiger partial charge < -0.3 is 9.47 Å². The van der Waals surface area contributed by atoms with Crippen molar-refractivity contribution in [2.45, 2.75) is 6.04 Å². The molecule has 0 saturated carbocycles. The first-order chi connectivity index (χ1) is 8.60. The topological polar surface area (TPSA) is 38.8 Å². The Morgan fingerprint density at radius 3 is 2.44 bits per heavy atom. The molecule has 1 atom stereocenters. The van der Waals surface area contributed by atoms with E-state index >= 15 is 0 Å². The minimum atomic E-state index is -0.404. The zero-order chi connectivity index (χ0) is 13.5. The number of benzene rings is 1. The molecule has 0 N–H and O–H groups in total. The zero-order valence-corrected chi connectivity index (χ0v) is 12.4. The Balaban J connectivity index is 2.90. The lowest BCUT2D eigenvalue weighted by Gasteiger charge is -2.25. The van der Waals surface area contributed by atoms with Crippen molar-refractivity contribution in [3.05, 3.63) is 34.3 Å². The molecular formula is C13H18BrNO3. The van der Waals surface area contributed by atoms with Crippen LogP contribution in [0.4, 0.5) is 0 Å². The van der Waals surface area contributed by atoms with Gasteiger partial charge in [0.15, 0.2) is 0 Å². The van der Waals surface area contributed by atoms with Crippen LogP contribution in [0.5, 0.6) is 0 Å². The molecule has 0 bridgehead atoms. The number of carbonyl (C=O) groups excluding carboxylic acids is 1. The summed E-state index contributed by atoms with van der Waals surface area (Å²) in [6, 6.07) is 7.24. The summed E-state index contributed by atoms with van der Waals surface area (Å²) in [7, 11) is 4.92. The summed E-state index contributed by atoms with van der Waals surface area (Å²) in [6.07, 6.45) is 0. The van der Waals surface area contributed by atoms with Crippen molar-refractivity contribution in [1.82, 2.24) is 4.90 Å². The lowest BCUT2D eigenvalue weighted by atomic mass is 10.1. The predicted molar refractivity (Wildman–Crippen MR) is 73.4 cm³/mol. The fourth-order valence-corrected chi connectivity index (χ4v) is 1.96. The number of methoxy groups -OCH3 is 2. The molecule has 1 rings (SSSR count). The maximum atomic E-state index is 11.9. The number of likely N-dealkylation sites (N-methyl/N-ethyl adjacent to an activating group) is 1. The Hall–Kier alpha value is -0.910. The highest BCUT2D eigenvalue weighted by atomic mass is 79.9. The molecule has 0 aliphatic carbocycles. The highest BCUT2D eigenvalue weighted by Gasteiger charge is 2.25. The van der Waals surface area contributed by atoms with Crippen molar-refractivity contribution in [1.29, 1.82) is 0 Å². The molecule has 0 radical (unpaired) electrons. The van der Waals surface area contributed by atoms with Crippen molar-refractivity contribution in [3.63, 3.8) is 0 Å². The van der Waals surface area contributed by atoms with Crippen molar-refractivity contribution < 1.29 is 14.3 Å². The second-order valence-electron chi connectivity index (χ2n) is 3.95. The van der Waals surface area contributed by atoms with Crippen molar-refractivity contribution >= 4 is 21.9 Å². The minimum absolute atomic E-state index is 0.268. The fourth-order valence-electron chi connectivity index (χ4n) is 1.69. The third-order valence-electron chi connectivity index (χ3n) is 2.70. The molecule has 0 aliphatic heterocycles. The predicted octanol–water partition coefficient (Wildman–Crippen LogP) is 2.24. The highest BCUT2D eigenvalue weighted by Crippen LogP contribution is 2.22. The Morgan fingerprint density at radius 1 is 1.33 bits per heavy atom. The van der Waals surface area contributed by atoms with E-state index in [1.165, 1.54) is 7.11 Å². The van der Waals surface area contributed by atoms with Crippen molar-refractivity contribution in [3.8, 4) is 0 Å². The van der Waals surface area contributed by atoms with Crippen LogP contribution in [0.25, 0.3) is 0 Å². The van der Waals surface area contributed by atoms with Gasteiger partial charge in [-0.3, -0.25) is 4.90 Å². The van der Waals surface area contributed by atoms with E-state index in [4.69, 9.17) is 9.47 Å². The van der Waals surface area contributed by atoms with Crippen LogP contribution in [-0.2, 0) is 14.3 Å². The van der Waals surface area contributed by atoms with Gasteiger partial charge >= 0.3 is 5.97 Å².